The Morgan fingerprint density at radius 1 is 1.33 bits per heavy atom. The minimum absolute atomic E-state index is 0.0884. The molecule has 0 bridgehead atoms. The quantitative estimate of drug-likeness (QED) is 0.788. The van der Waals surface area contributed by atoms with Crippen LogP contribution in [-0.2, 0) is 0 Å². The molecule has 2 rings (SSSR count). The van der Waals surface area contributed by atoms with Crippen molar-refractivity contribution in [2.24, 2.45) is 5.92 Å². The Balaban J connectivity index is 1.92. The lowest BCUT2D eigenvalue weighted by atomic mass is 10.0. The second kappa shape index (κ2) is 5.85. The van der Waals surface area contributed by atoms with E-state index in [1.54, 1.807) is 12.1 Å². The summed E-state index contributed by atoms with van der Waals surface area (Å²) in [4.78, 5) is 16.0. The SMILES string of the molecule is CC1CCCC(NC(=O)c2ccc(N)cn2)CC1. The van der Waals surface area contributed by atoms with Gasteiger partial charge in [0.2, 0.25) is 0 Å². The van der Waals surface area contributed by atoms with Gasteiger partial charge in [0, 0.05) is 6.04 Å². The van der Waals surface area contributed by atoms with Crippen molar-refractivity contribution in [3.8, 4) is 0 Å². The molecule has 3 N–H and O–H groups in total. The molecule has 1 aliphatic carbocycles. The molecule has 1 fully saturated rings. The minimum atomic E-state index is -0.0884. The van der Waals surface area contributed by atoms with Crippen LogP contribution in [0.1, 0.15) is 49.5 Å². The summed E-state index contributed by atoms with van der Waals surface area (Å²) in [7, 11) is 0. The van der Waals surface area contributed by atoms with Gasteiger partial charge in [-0.15, -0.1) is 0 Å². The second-order valence-corrected chi connectivity index (χ2v) is 5.26. The Hall–Kier alpha value is -1.58. The molecular formula is C14H21N3O. The van der Waals surface area contributed by atoms with Crippen LogP contribution in [0.4, 0.5) is 5.69 Å². The zero-order chi connectivity index (χ0) is 13.0. The zero-order valence-corrected chi connectivity index (χ0v) is 10.9. The number of aromatic nitrogens is 1. The van der Waals surface area contributed by atoms with Gasteiger partial charge in [0.05, 0.1) is 11.9 Å². The van der Waals surface area contributed by atoms with E-state index in [2.05, 4.69) is 17.2 Å². The van der Waals surface area contributed by atoms with E-state index in [0.717, 1.165) is 18.8 Å². The molecule has 98 valence electrons. The summed E-state index contributed by atoms with van der Waals surface area (Å²) >= 11 is 0. The van der Waals surface area contributed by atoms with Crippen molar-refractivity contribution in [3.63, 3.8) is 0 Å². The summed E-state index contributed by atoms with van der Waals surface area (Å²) in [6.45, 7) is 2.28. The molecule has 1 amide bonds. The highest BCUT2D eigenvalue weighted by Gasteiger charge is 2.18. The second-order valence-electron chi connectivity index (χ2n) is 5.26. The number of anilines is 1. The van der Waals surface area contributed by atoms with Gasteiger partial charge < -0.3 is 11.1 Å². The third-order valence-electron chi connectivity index (χ3n) is 3.61. The van der Waals surface area contributed by atoms with Crippen LogP contribution in [0.15, 0.2) is 18.3 Å². The molecule has 1 aliphatic rings. The third kappa shape index (κ3) is 3.45. The number of nitrogens with one attached hydrogen (secondary N) is 1. The molecule has 1 saturated carbocycles. The highest BCUT2D eigenvalue weighted by Crippen LogP contribution is 2.22. The molecule has 4 heteroatoms. The Bertz CT molecular complexity index is 402. The number of amides is 1. The molecule has 1 aromatic rings. The Kier molecular flexibility index (Phi) is 4.18. The molecule has 0 aromatic carbocycles. The largest absolute Gasteiger partial charge is 0.397 e. The van der Waals surface area contributed by atoms with E-state index in [1.807, 2.05) is 0 Å². The van der Waals surface area contributed by atoms with E-state index in [1.165, 1.54) is 25.5 Å². The number of hydrogen-bond donors (Lipinski definition) is 2. The predicted octanol–water partition coefficient (Wildman–Crippen LogP) is 2.36. The molecule has 1 heterocycles. The average Bonchev–Trinajstić information content (AvgIpc) is 2.55. The lowest BCUT2D eigenvalue weighted by Crippen LogP contribution is -2.34. The highest BCUT2D eigenvalue weighted by molar-refractivity contribution is 5.92. The molecule has 0 radical (unpaired) electrons. The van der Waals surface area contributed by atoms with Crippen molar-refractivity contribution in [1.82, 2.24) is 10.3 Å². The summed E-state index contributed by atoms with van der Waals surface area (Å²) < 4.78 is 0. The molecular weight excluding hydrogens is 226 g/mol. The van der Waals surface area contributed by atoms with Crippen molar-refractivity contribution in [2.45, 2.75) is 45.1 Å². The first-order valence-corrected chi connectivity index (χ1v) is 6.67. The van der Waals surface area contributed by atoms with E-state index in [4.69, 9.17) is 5.73 Å². The van der Waals surface area contributed by atoms with Gasteiger partial charge in [-0.1, -0.05) is 19.8 Å². The van der Waals surface area contributed by atoms with Crippen LogP contribution in [0.3, 0.4) is 0 Å². The van der Waals surface area contributed by atoms with Crippen molar-refractivity contribution < 1.29 is 4.79 Å². The first-order chi connectivity index (χ1) is 8.65. The van der Waals surface area contributed by atoms with E-state index in [0.29, 0.717) is 17.4 Å². The Labute approximate surface area is 108 Å². The molecule has 1 aromatic heterocycles. The summed E-state index contributed by atoms with van der Waals surface area (Å²) in [5.41, 5.74) is 6.58. The number of carbonyl (C=O) groups excluding carboxylic acids is 1. The predicted molar refractivity (Wildman–Crippen MR) is 72.2 cm³/mol. The number of hydrogen-bond acceptors (Lipinski definition) is 3. The Morgan fingerprint density at radius 2 is 2.17 bits per heavy atom. The number of nitrogens with zero attached hydrogens (tertiary/aromatic N) is 1. The number of rotatable bonds is 2. The smallest absolute Gasteiger partial charge is 0.270 e. The van der Waals surface area contributed by atoms with Gasteiger partial charge in [-0.05, 0) is 37.3 Å². The van der Waals surface area contributed by atoms with Gasteiger partial charge in [-0.2, -0.15) is 0 Å². The first-order valence-electron chi connectivity index (χ1n) is 6.67. The number of pyridine rings is 1. The maximum Gasteiger partial charge on any atom is 0.270 e. The fourth-order valence-electron chi connectivity index (χ4n) is 2.43. The molecule has 4 nitrogen and oxygen atoms in total. The lowest BCUT2D eigenvalue weighted by Gasteiger charge is -2.16. The van der Waals surface area contributed by atoms with Crippen LogP contribution < -0.4 is 11.1 Å². The maximum atomic E-state index is 12.0. The van der Waals surface area contributed by atoms with E-state index in [-0.39, 0.29) is 5.91 Å². The monoisotopic (exact) mass is 247 g/mol. The Morgan fingerprint density at radius 3 is 2.89 bits per heavy atom. The van der Waals surface area contributed by atoms with Gasteiger partial charge in [0.25, 0.3) is 5.91 Å². The van der Waals surface area contributed by atoms with Gasteiger partial charge in [0.15, 0.2) is 0 Å². The average molecular weight is 247 g/mol. The van der Waals surface area contributed by atoms with Crippen LogP contribution in [0.2, 0.25) is 0 Å². The standard InChI is InChI=1S/C14H21N3O/c1-10-3-2-4-12(7-5-10)17-14(18)13-8-6-11(15)9-16-13/h6,8-10,12H,2-5,7,15H2,1H3,(H,17,18). The van der Waals surface area contributed by atoms with Crippen molar-refractivity contribution in [2.75, 3.05) is 5.73 Å². The summed E-state index contributed by atoms with van der Waals surface area (Å²) in [5.74, 6) is 0.691. The van der Waals surface area contributed by atoms with Gasteiger partial charge in [0.1, 0.15) is 5.69 Å². The molecule has 2 atom stereocenters. The van der Waals surface area contributed by atoms with Crippen molar-refractivity contribution in [1.29, 1.82) is 0 Å². The van der Waals surface area contributed by atoms with E-state index >= 15 is 0 Å². The fourth-order valence-corrected chi connectivity index (χ4v) is 2.43. The van der Waals surface area contributed by atoms with Crippen LogP contribution >= 0.6 is 0 Å². The van der Waals surface area contributed by atoms with Gasteiger partial charge in [-0.25, -0.2) is 4.98 Å². The maximum absolute atomic E-state index is 12.0. The van der Waals surface area contributed by atoms with Gasteiger partial charge in [-0.3, -0.25) is 4.79 Å². The van der Waals surface area contributed by atoms with E-state index in [9.17, 15) is 4.79 Å². The molecule has 0 saturated heterocycles. The molecule has 2 unspecified atom stereocenters. The number of nitrogen functional groups attached to an aromatic ring is 1. The highest BCUT2D eigenvalue weighted by atomic mass is 16.1. The lowest BCUT2D eigenvalue weighted by molar-refractivity contribution is 0.0928. The molecule has 0 spiro atoms. The van der Waals surface area contributed by atoms with Crippen LogP contribution in [0.5, 0.6) is 0 Å². The zero-order valence-electron chi connectivity index (χ0n) is 10.9. The van der Waals surface area contributed by atoms with Crippen molar-refractivity contribution >= 4 is 11.6 Å². The molecule has 18 heavy (non-hydrogen) atoms. The minimum Gasteiger partial charge on any atom is -0.397 e. The summed E-state index contributed by atoms with van der Waals surface area (Å²) in [5, 5.41) is 3.07. The number of carbonyl (C=O) groups is 1. The summed E-state index contributed by atoms with van der Waals surface area (Å²) in [6, 6.07) is 3.67. The fraction of sp³-hybridized carbons (Fsp3) is 0.571. The van der Waals surface area contributed by atoms with Crippen LogP contribution in [0.25, 0.3) is 0 Å². The molecule has 0 aliphatic heterocycles. The first kappa shape index (κ1) is 12.9. The van der Waals surface area contributed by atoms with E-state index < -0.39 is 0 Å². The topological polar surface area (TPSA) is 68.0 Å². The van der Waals surface area contributed by atoms with Crippen LogP contribution in [0, 0.1) is 5.92 Å². The normalized spacial score (nSPS) is 24.3. The van der Waals surface area contributed by atoms with Crippen molar-refractivity contribution in [3.05, 3.63) is 24.0 Å². The van der Waals surface area contributed by atoms with Crippen LogP contribution in [-0.4, -0.2) is 16.9 Å². The summed E-state index contributed by atoms with van der Waals surface area (Å²) in [6.07, 6.45) is 7.32. The number of nitrogens with two attached hydrogens (primary N) is 1. The third-order valence-corrected chi connectivity index (χ3v) is 3.61. The van der Waals surface area contributed by atoms with Gasteiger partial charge >= 0.3 is 0 Å².